The second kappa shape index (κ2) is 8.51. The third kappa shape index (κ3) is 3.67. The van der Waals surface area contributed by atoms with Crippen LogP contribution in [-0.2, 0) is 5.60 Å². The molecule has 1 aliphatic carbocycles. The number of β-amino-alcohol motifs (C(OH)–C–C–N with tert-alkyl or cyclic N) is 1. The fraction of sp³-hybridized carbons (Fsp3) is 0.407. The maximum Gasteiger partial charge on any atom is 0.290 e. The second-order valence-electron chi connectivity index (χ2n) is 9.95. The Hall–Kier alpha value is -3.70. The van der Waals surface area contributed by atoms with Gasteiger partial charge in [0.2, 0.25) is 5.82 Å². The van der Waals surface area contributed by atoms with Crippen molar-refractivity contribution in [2.75, 3.05) is 13.1 Å². The summed E-state index contributed by atoms with van der Waals surface area (Å²) >= 11 is 0. The third-order valence-corrected chi connectivity index (χ3v) is 7.83. The average molecular weight is 469 g/mol. The summed E-state index contributed by atoms with van der Waals surface area (Å²) in [5.41, 5.74) is 2.18. The van der Waals surface area contributed by atoms with E-state index in [4.69, 9.17) is 10.2 Å². The van der Waals surface area contributed by atoms with Crippen LogP contribution in [-0.4, -0.2) is 48.5 Å². The number of hydrogen-bond acceptors (Lipinski definition) is 5. The van der Waals surface area contributed by atoms with Crippen molar-refractivity contribution in [3.63, 3.8) is 0 Å². The predicted octanol–water partition coefficient (Wildman–Crippen LogP) is 4.29. The van der Waals surface area contributed by atoms with Crippen LogP contribution in [0.5, 0.6) is 0 Å². The molecule has 2 aliphatic rings. The zero-order valence-electron chi connectivity index (χ0n) is 19.5. The van der Waals surface area contributed by atoms with Crippen LogP contribution in [0.3, 0.4) is 0 Å². The van der Waals surface area contributed by atoms with Crippen LogP contribution in [0, 0.1) is 17.2 Å². The zero-order chi connectivity index (χ0) is 24.0. The van der Waals surface area contributed by atoms with Crippen LogP contribution >= 0.6 is 0 Å². The van der Waals surface area contributed by atoms with Gasteiger partial charge in [0.1, 0.15) is 16.8 Å². The maximum atomic E-state index is 13.9. The molecule has 2 fully saturated rings. The fourth-order valence-corrected chi connectivity index (χ4v) is 5.93. The number of nitriles is 1. The number of pyridine rings is 1. The van der Waals surface area contributed by atoms with Gasteiger partial charge in [-0.2, -0.15) is 5.26 Å². The van der Waals surface area contributed by atoms with Gasteiger partial charge in [0.05, 0.1) is 24.3 Å². The highest BCUT2D eigenvalue weighted by Crippen LogP contribution is 2.39. The molecular formula is C27H28N6O2. The molecule has 0 radical (unpaired) electrons. The molecule has 0 bridgehead atoms. The van der Waals surface area contributed by atoms with Crippen molar-refractivity contribution in [1.82, 2.24) is 24.4 Å². The number of aromatic nitrogens is 4. The number of fused-ring (bicyclic) bond motifs is 3. The molecule has 2 N–H and O–H groups in total. The lowest BCUT2D eigenvalue weighted by Crippen LogP contribution is -2.36. The Morgan fingerprint density at radius 1 is 1.20 bits per heavy atom. The summed E-state index contributed by atoms with van der Waals surface area (Å²) in [6, 6.07) is 14.0. The number of imidazole rings is 1. The molecule has 3 aromatic heterocycles. The van der Waals surface area contributed by atoms with Crippen molar-refractivity contribution >= 4 is 28.0 Å². The molecule has 1 unspecified atom stereocenters. The third-order valence-electron chi connectivity index (χ3n) is 7.83. The molecule has 0 spiro atoms. The van der Waals surface area contributed by atoms with E-state index in [1.165, 1.54) is 0 Å². The highest BCUT2D eigenvalue weighted by atomic mass is 16.3. The summed E-state index contributed by atoms with van der Waals surface area (Å²) in [7, 11) is 0. The molecule has 1 aromatic carbocycles. The van der Waals surface area contributed by atoms with E-state index >= 15 is 0 Å². The topological polar surface area (TPSA) is 111 Å². The van der Waals surface area contributed by atoms with Gasteiger partial charge < -0.3 is 19.6 Å². The maximum absolute atomic E-state index is 13.9. The van der Waals surface area contributed by atoms with E-state index in [0.717, 1.165) is 47.8 Å². The molecule has 4 aromatic rings. The molecule has 6 rings (SSSR count). The molecular weight excluding hydrogens is 440 g/mol. The van der Waals surface area contributed by atoms with E-state index in [1.54, 1.807) is 11.1 Å². The summed E-state index contributed by atoms with van der Waals surface area (Å²) < 4.78 is 2.12. The van der Waals surface area contributed by atoms with Crippen LogP contribution in [0.25, 0.3) is 22.1 Å². The van der Waals surface area contributed by atoms with Crippen LogP contribution in [0.15, 0.2) is 48.8 Å². The lowest BCUT2D eigenvalue weighted by atomic mass is 9.84. The number of amides is 1. The minimum absolute atomic E-state index is 0.130. The molecule has 8 nitrogen and oxygen atoms in total. The van der Waals surface area contributed by atoms with Crippen molar-refractivity contribution in [1.29, 1.82) is 5.26 Å². The number of rotatable bonds is 4. The Balaban J connectivity index is 1.38. The van der Waals surface area contributed by atoms with Gasteiger partial charge in [-0.1, -0.05) is 30.3 Å². The Labute approximate surface area is 203 Å². The molecule has 4 heterocycles. The molecule has 1 saturated carbocycles. The Kier molecular flexibility index (Phi) is 5.30. The Bertz CT molecular complexity index is 1430. The summed E-state index contributed by atoms with van der Waals surface area (Å²) in [6.45, 7) is 0.714. The number of aliphatic hydroxyl groups is 1. The molecule has 35 heavy (non-hydrogen) atoms. The van der Waals surface area contributed by atoms with Crippen molar-refractivity contribution in [2.24, 2.45) is 5.92 Å². The van der Waals surface area contributed by atoms with E-state index < -0.39 is 5.60 Å². The number of aromatic amines is 1. The second-order valence-corrected chi connectivity index (χ2v) is 9.95. The molecule has 1 aliphatic heterocycles. The van der Waals surface area contributed by atoms with Gasteiger partial charge >= 0.3 is 0 Å². The quantitative estimate of drug-likeness (QED) is 0.464. The van der Waals surface area contributed by atoms with Crippen molar-refractivity contribution in [2.45, 2.75) is 50.2 Å². The van der Waals surface area contributed by atoms with Crippen molar-refractivity contribution < 1.29 is 9.90 Å². The number of H-pyrrole nitrogens is 1. The monoisotopic (exact) mass is 468 g/mol. The van der Waals surface area contributed by atoms with E-state index in [0.29, 0.717) is 36.6 Å². The van der Waals surface area contributed by atoms with Gasteiger partial charge in [-0.15, -0.1) is 0 Å². The largest absolute Gasteiger partial charge is 0.383 e. The summed E-state index contributed by atoms with van der Waals surface area (Å²) in [5, 5.41) is 21.4. The highest BCUT2D eigenvalue weighted by Gasteiger charge is 2.41. The van der Waals surface area contributed by atoms with Gasteiger partial charge in [0.25, 0.3) is 5.91 Å². The highest BCUT2D eigenvalue weighted by molar-refractivity contribution is 6.04. The molecule has 8 heteroatoms. The first-order chi connectivity index (χ1) is 17.1. The number of hydrogen-bond donors (Lipinski definition) is 2. The normalized spacial score (nSPS) is 24.7. The molecule has 1 amide bonds. The minimum atomic E-state index is -1.06. The number of nitrogens with zero attached hydrogens (tertiary/aromatic N) is 5. The van der Waals surface area contributed by atoms with Crippen LogP contribution in [0.1, 0.15) is 60.7 Å². The first-order valence-electron chi connectivity index (χ1n) is 12.4. The SMILES string of the molecule is N#CC[C@H]1CC[C@@H](n2c(C(=O)N3CCC(O)(c4ccccc4)C3)nc3cnc4[nH]ccc4c32)CC1. The Morgan fingerprint density at radius 3 is 2.77 bits per heavy atom. The number of nitrogens with one attached hydrogen (secondary N) is 1. The minimum Gasteiger partial charge on any atom is -0.383 e. The predicted molar refractivity (Wildman–Crippen MR) is 131 cm³/mol. The van der Waals surface area contributed by atoms with E-state index in [2.05, 4.69) is 20.6 Å². The van der Waals surface area contributed by atoms with Gasteiger partial charge in [-0.25, -0.2) is 9.97 Å². The van der Waals surface area contributed by atoms with Crippen LogP contribution < -0.4 is 0 Å². The van der Waals surface area contributed by atoms with Gasteiger partial charge in [0.15, 0.2) is 0 Å². The molecule has 178 valence electrons. The van der Waals surface area contributed by atoms with Gasteiger partial charge in [-0.05, 0) is 49.7 Å². The molecule has 1 saturated heterocycles. The smallest absolute Gasteiger partial charge is 0.290 e. The average Bonchev–Trinajstić information content (AvgIpc) is 3.61. The Morgan fingerprint density at radius 2 is 2.00 bits per heavy atom. The summed E-state index contributed by atoms with van der Waals surface area (Å²) in [4.78, 5) is 28.1. The number of carbonyl (C=O) groups is 1. The molecule has 1 atom stereocenters. The van der Waals surface area contributed by atoms with E-state index in [9.17, 15) is 9.90 Å². The van der Waals surface area contributed by atoms with E-state index in [1.807, 2.05) is 42.6 Å². The number of likely N-dealkylation sites (tertiary alicyclic amines) is 1. The first-order valence-corrected chi connectivity index (χ1v) is 12.4. The van der Waals surface area contributed by atoms with Crippen molar-refractivity contribution in [3.8, 4) is 6.07 Å². The fourth-order valence-electron chi connectivity index (χ4n) is 5.93. The number of carbonyl (C=O) groups excluding carboxylic acids is 1. The zero-order valence-corrected chi connectivity index (χ0v) is 19.5. The summed E-state index contributed by atoms with van der Waals surface area (Å²) in [5.74, 6) is 0.672. The van der Waals surface area contributed by atoms with Crippen LogP contribution in [0.2, 0.25) is 0 Å². The van der Waals surface area contributed by atoms with E-state index in [-0.39, 0.29) is 18.5 Å². The summed E-state index contributed by atoms with van der Waals surface area (Å²) in [6.07, 6.45) is 8.40. The number of benzene rings is 1. The first kappa shape index (κ1) is 21.8. The van der Waals surface area contributed by atoms with Gasteiger partial charge in [-0.3, -0.25) is 4.79 Å². The van der Waals surface area contributed by atoms with Crippen LogP contribution in [0.4, 0.5) is 0 Å². The van der Waals surface area contributed by atoms with Gasteiger partial charge in [0, 0.05) is 30.6 Å². The lowest BCUT2D eigenvalue weighted by Gasteiger charge is -2.30. The standard InChI is InChI=1S/C27H28N6O2/c28-13-10-18-6-8-20(9-7-18)33-23-21-11-14-29-24(21)30-16-22(23)31-25(33)26(34)32-15-12-27(35,17-32)19-4-2-1-3-5-19/h1-5,11,14,16,18,20,35H,6-10,12,15,17H2,(H,29,30)/t18-,20+,27?. The van der Waals surface area contributed by atoms with Crippen molar-refractivity contribution in [3.05, 3.63) is 60.2 Å². The lowest BCUT2D eigenvalue weighted by molar-refractivity contribution is 0.0411.